The summed E-state index contributed by atoms with van der Waals surface area (Å²) in [5, 5.41) is 4.52. The highest BCUT2D eigenvalue weighted by Crippen LogP contribution is 2.32. The molecule has 53 heavy (non-hydrogen) atoms. The third-order valence-electron chi connectivity index (χ3n) is 9.41. The second kappa shape index (κ2) is 17.4. The molecule has 2 aromatic carbocycles. The van der Waals surface area contributed by atoms with Crippen LogP contribution in [0, 0.1) is 0 Å². The smallest absolute Gasteiger partial charge is 0.279 e. The Labute approximate surface area is 309 Å². The van der Waals surface area contributed by atoms with Crippen molar-refractivity contribution in [3.05, 3.63) is 48.0 Å². The number of rotatable bonds is 17. The van der Waals surface area contributed by atoms with E-state index in [0.29, 0.717) is 48.6 Å². The number of fused-ring (bicyclic) bond motifs is 1. The molecule has 1 atom stereocenters. The summed E-state index contributed by atoms with van der Waals surface area (Å²) in [4.78, 5) is 37.9. The van der Waals surface area contributed by atoms with Crippen LogP contribution in [-0.4, -0.2) is 127 Å². The number of aromatic nitrogens is 2. The molecular formula is C34H47N7O10S2. The van der Waals surface area contributed by atoms with E-state index in [1.165, 1.54) is 12.0 Å². The van der Waals surface area contributed by atoms with Gasteiger partial charge >= 0.3 is 0 Å². The van der Waals surface area contributed by atoms with Gasteiger partial charge in [-0.1, -0.05) is 18.2 Å². The van der Waals surface area contributed by atoms with E-state index >= 15 is 0 Å². The summed E-state index contributed by atoms with van der Waals surface area (Å²) in [5.41, 5.74) is -0.0922. The summed E-state index contributed by atoms with van der Waals surface area (Å²) in [7, 11) is -2.87. The Morgan fingerprint density at radius 1 is 0.868 bits per heavy atom. The average molecular weight is 778 g/mol. The van der Waals surface area contributed by atoms with E-state index in [-0.39, 0.29) is 50.4 Å². The molecule has 290 valence electrons. The zero-order chi connectivity index (χ0) is 38.2. The predicted octanol–water partition coefficient (Wildman–Crippen LogP) is 1.53. The maximum absolute atomic E-state index is 14.0. The van der Waals surface area contributed by atoms with Gasteiger partial charge in [0.2, 0.25) is 25.8 Å². The summed E-state index contributed by atoms with van der Waals surface area (Å²) in [6, 6.07) is 12.5. The summed E-state index contributed by atoms with van der Waals surface area (Å²) in [6.07, 6.45) is 1.07. The number of nitrogens with one attached hydrogen (secondary N) is 4. The largest absolute Gasteiger partial charge is 0.497 e. The van der Waals surface area contributed by atoms with Crippen molar-refractivity contribution in [2.75, 3.05) is 77.9 Å². The van der Waals surface area contributed by atoms with Gasteiger partial charge in [-0.05, 0) is 69.0 Å². The Kier molecular flexibility index (Phi) is 13.2. The minimum absolute atomic E-state index is 0.0266. The number of carbonyl (C=O) groups is 2. The number of para-hydroxylation sites is 2. The molecule has 1 amide bonds. The number of hydrogen-bond donors (Lipinski definition) is 4. The number of benzene rings is 2. The Morgan fingerprint density at radius 3 is 2.11 bits per heavy atom. The number of methoxy groups -OCH3 is 4. The van der Waals surface area contributed by atoms with Crippen LogP contribution < -0.4 is 24.8 Å². The Balaban J connectivity index is 1.37. The van der Waals surface area contributed by atoms with Crippen LogP contribution in [0.1, 0.15) is 31.2 Å². The quantitative estimate of drug-likeness (QED) is 0.113. The van der Waals surface area contributed by atoms with Gasteiger partial charge in [0.25, 0.3) is 11.6 Å². The third kappa shape index (κ3) is 9.22. The minimum atomic E-state index is -4.20. The fraction of sp³-hybridized carbons (Fsp3) is 0.529. The van der Waals surface area contributed by atoms with Gasteiger partial charge < -0.3 is 34.5 Å². The van der Waals surface area contributed by atoms with Crippen molar-refractivity contribution < 1.29 is 45.4 Å². The van der Waals surface area contributed by atoms with Crippen LogP contribution in [0.5, 0.6) is 5.75 Å². The highest BCUT2D eigenvalue weighted by Gasteiger charge is 2.53. The van der Waals surface area contributed by atoms with Gasteiger partial charge in [-0.25, -0.2) is 26.8 Å². The number of anilines is 3. The van der Waals surface area contributed by atoms with Crippen LogP contribution in [0.2, 0.25) is 0 Å². The van der Waals surface area contributed by atoms with Crippen LogP contribution in [0.4, 0.5) is 17.3 Å². The second-order valence-corrected chi connectivity index (χ2v) is 16.7. The molecule has 2 aliphatic rings. The van der Waals surface area contributed by atoms with Gasteiger partial charge in [-0.15, -0.1) is 0 Å². The molecule has 0 radical (unpaired) electrons. The molecule has 0 spiro atoms. The monoisotopic (exact) mass is 777 g/mol. The maximum Gasteiger partial charge on any atom is 0.279 e. The Bertz CT molecular complexity index is 1990. The number of piperidine rings is 2. The van der Waals surface area contributed by atoms with E-state index in [4.69, 9.17) is 23.9 Å². The van der Waals surface area contributed by atoms with Crippen LogP contribution in [0.25, 0.3) is 11.0 Å². The van der Waals surface area contributed by atoms with Gasteiger partial charge in [0.1, 0.15) is 12.4 Å². The van der Waals surface area contributed by atoms with E-state index in [1.807, 2.05) is 12.1 Å². The van der Waals surface area contributed by atoms with Gasteiger partial charge in [0, 0.05) is 46.2 Å². The summed E-state index contributed by atoms with van der Waals surface area (Å²) in [6.45, 7) is 0.551. The van der Waals surface area contributed by atoms with Crippen LogP contribution in [-0.2, 0) is 50.3 Å². The fourth-order valence-corrected chi connectivity index (χ4v) is 9.53. The molecule has 2 aliphatic heterocycles. The summed E-state index contributed by atoms with van der Waals surface area (Å²) >= 11 is 0. The van der Waals surface area contributed by atoms with E-state index in [1.54, 1.807) is 44.6 Å². The van der Waals surface area contributed by atoms with Gasteiger partial charge in [-0.2, -0.15) is 4.72 Å². The Hall–Kier alpha value is -3.98. The number of ketones is 1. The lowest BCUT2D eigenvalue weighted by Crippen LogP contribution is -2.68. The molecule has 1 aromatic heterocycles. The van der Waals surface area contributed by atoms with E-state index in [2.05, 4.69) is 25.1 Å². The topological polar surface area (TPSA) is 216 Å². The molecule has 3 aromatic rings. The Morgan fingerprint density at radius 2 is 1.51 bits per heavy atom. The first-order valence-corrected chi connectivity index (χ1v) is 20.3. The molecule has 17 nitrogen and oxygen atoms in total. The zero-order valence-electron chi connectivity index (χ0n) is 30.2. The van der Waals surface area contributed by atoms with Crippen molar-refractivity contribution in [3.8, 4) is 5.75 Å². The van der Waals surface area contributed by atoms with Crippen molar-refractivity contribution in [1.29, 1.82) is 0 Å². The van der Waals surface area contributed by atoms with E-state index in [0.717, 1.165) is 12.7 Å². The molecule has 3 heterocycles. The lowest BCUT2D eigenvalue weighted by atomic mass is 10.0. The van der Waals surface area contributed by atoms with Gasteiger partial charge in [0.15, 0.2) is 11.6 Å². The SMILES string of the molecule is COCCc1ccc(OC)cc1Nc1nc2ccccc2nc1NS(=O)(=O)C1CCN(C(=O)C(NS(=O)(=O)C2CCNCC2)(OC)C(=O)COC)CC1. The van der Waals surface area contributed by atoms with Crippen molar-refractivity contribution in [1.82, 2.24) is 24.9 Å². The fourth-order valence-electron chi connectivity index (χ4n) is 6.41. The lowest BCUT2D eigenvalue weighted by molar-refractivity contribution is -0.168. The molecule has 0 aliphatic carbocycles. The zero-order valence-corrected chi connectivity index (χ0v) is 31.8. The number of ether oxygens (including phenoxy) is 4. The number of sulfonamides is 2. The van der Waals surface area contributed by atoms with Crippen molar-refractivity contribution in [2.45, 2.75) is 48.3 Å². The van der Waals surface area contributed by atoms with Crippen LogP contribution >= 0.6 is 0 Å². The lowest BCUT2D eigenvalue weighted by Gasteiger charge is -2.39. The first kappa shape index (κ1) is 40.2. The van der Waals surface area contributed by atoms with Gasteiger partial charge in [0.05, 0.1) is 35.2 Å². The maximum atomic E-state index is 14.0. The number of likely N-dealkylation sites (tertiary alicyclic amines) is 1. The van der Waals surface area contributed by atoms with Gasteiger partial charge in [-0.3, -0.25) is 14.3 Å². The summed E-state index contributed by atoms with van der Waals surface area (Å²) in [5.74, 6) is -1.17. The van der Waals surface area contributed by atoms with E-state index < -0.39 is 54.6 Å². The molecule has 19 heteroatoms. The third-order valence-corrected chi connectivity index (χ3v) is 13.2. The highest BCUT2D eigenvalue weighted by molar-refractivity contribution is 7.93. The number of hydrogen-bond acceptors (Lipinski definition) is 14. The number of amides is 1. The highest BCUT2D eigenvalue weighted by atomic mass is 32.2. The molecule has 0 bridgehead atoms. The molecular weight excluding hydrogens is 731 g/mol. The van der Waals surface area contributed by atoms with E-state index in [9.17, 15) is 26.4 Å². The first-order chi connectivity index (χ1) is 25.4. The standard InChI is InChI=1S/C34H47N7O10S2/c1-48-20-15-23-9-10-24(50-3)21-29(23)38-31-32(37-28-8-6-5-7-27(28)36-31)39-52(44,45)26-13-18-41(19-14-26)33(43)34(51-4,30(42)22-49-2)40-53(46,47)25-11-16-35-17-12-25/h5-10,21,25-26,35,40H,11-20,22H2,1-4H3,(H,36,38)(H,37,39). The summed E-state index contributed by atoms with van der Waals surface area (Å²) < 4.78 is 80.8. The van der Waals surface area contributed by atoms with Crippen molar-refractivity contribution in [2.24, 2.45) is 0 Å². The molecule has 0 saturated carbocycles. The minimum Gasteiger partial charge on any atom is -0.497 e. The molecule has 1 unspecified atom stereocenters. The molecule has 2 fully saturated rings. The first-order valence-electron chi connectivity index (χ1n) is 17.2. The number of Topliss-reactive ketones (excluding diaryl/α,β-unsaturated/α-hetero) is 1. The normalized spacial score (nSPS) is 17.3. The number of carbonyl (C=O) groups excluding carboxylic acids is 2. The van der Waals surface area contributed by atoms with Crippen LogP contribution in [0.3, 0.4) is 0 Å². The molecule has 4 N–H and O–H groups in total. The predicted molar refractivity (Wildman–Crippen MR) is 198 cm³/mol. The average Bonchev–Trinajstić information content (AvgIpc) is 3.16. The van der Waals surface area contributed by atoms with Crippen LogP contribution in [0.15, 0.2) is 42.5 Å². The molecule has 2 saturated heterocycles. The second-order valence-electron chi connectivity index (χ2n) is 12.8. The van der Waals surface area contributed by atoms with Crippen molar-refractivity contribution >= 4 is 60.1 Å². The molecule has 5 rings (SSSR count). The van der Waals surface area contributed by atoms with Crippen molar-refractivity contribution in [3.63, 3.8) is 0 Å². The number of nitrogens with zero attached hydrogens (tertiary/aromatic N) is 3.